The zero-order chi connectivity index (χ0) is 14.1. The topological polar surface area (TPSA) is 50.9 Å². The van der Waals surface area contributed by atoms with Crippen molar-refractivity contribution in [2.75, 3.05) is 11.1 Å². The van der Waals surface area contributed by atoms with Crippen molar-refractivity contribution in [1.29, 1.82) is 0 Å². The normalized spacial score (nSPS) is 10.7. The molecular formula is C15H11BrClN3. The number of hydrogen-bond donors (Lipinski definition) is 2. The van der Waals surface area contributed by atoms with Crippen LogP contribution >= 0.6 is 27.5 Å². The van der Waals surface area contributed by atoms with Crippen LogP contribution in [-0.4, -0.2) is 4.98 Å². The van der Waals surface area contributed by atoms with Crippen molar-refractivity contribution in [2.24, 2.45) is 0 Å². The second-order valence-corrected chi connectivity index (χ2v) is 5.67. The van der Waals surface area contributed by atoms with Gasteiger partial charge in [0.15, 0.2) is 0 Å². The van der Waals surface area contributed by atoms with E-state index in [1.54, 1.807) is 6.20 Å². The molecule has 2 aromatic carbocycles. The van der Waals surface area contributed by atoms with Gasteiger partial charge >= 0.3 is 0 Å². The lowest BCUT2D eigenvalue weighted by Crippen LogP contribution is -1.96. The van der Waals surface area contributed by atoms with Crippen LogP contribution in [0.4, 0.5) is 17.1 Å². The Morgan fingerprint density at radius 1 is 1.10 bits per heavy atom. The summed E-state index contributed by atoms with van der Waals surface area (Å²) in [4.78, 5) is 4.32. The molecule has 0 radical (unpaired) electrons. The number of rotatable bonds is 2. The number of pyridine rings is 1. The molecule has 0 unspecified atom stereocenters. The zero-order valence-electron chi connectivity index (χ0n) is 10.4. The molecule has 3 rings (SSSR count). The fourth-order valence-corrected chi connectivity index (χ4v) is 2.57. The monoisotopic (exact) mass is 347 g/mol. The molecule has 0 bridgehead atoms. The summed E-state index contributed by atoms with van der Waals surface area (Å²) >= 11 is 9.64. The lowest BCUT2D eigenvalue weighted by Gasteiger charge is -2.12. The van der Waals surface area contributed by atoms with E-state index in [0.29, 0.717) is 10.7 Å². The first-order valence-electron chi connectivity index (χ1n) is 6.00. The zero-order valence-corrected chi connectivity index (χ0v) is 12.7. The highest BCUT2D eigenvalue weighted by Gasteiger charge is 2.07. The van der Waals surface area contributed by atoms with Crippen LogP contribution in [0.2, 0.25) is 5.02 Å². The summed E-state index contributed by atoms with van der Waals surface area (Å²) in [5, 5.41) is 4.94. The van der Waals surface area contributed by atoms with E-state index in [9.17, 15) is 0 Å². The Bertz CT molecular complexity index is 789. The maximum atomic E-state index is 6.20. The van der Waals surface area contributed by atoms with Gasteiger partial charge < -0.3 is 11.1 Å². The van der Waals surface area contributed by atoms with E-state index in [1.165, 1.54) is 0 Å². The molecule has 0 atom stereocenters. The molecule has 0 aliphatic heterocycles. The highest BCUT2D eigenvalue weighted by atomic mass is 79.9. The van der Waals surface area contributed by atoms with Crippen LogP contribution in [0.1, 0.15) is 0 Å². The van der Waals surface area contributed by atoms with E-state index in [4.69, 9.17) is 17.3 Å². The van der Waals surface area contributed by atoms with Crippen LogP contribution in [0.5, 0.6) is 0 Å². The van der Waals surface area contributed by atoms with E-state index in [2.05, 4.69) is 26.2 Å². The summed E-state index contributed by atoms with van der Waals surface area (Å²) in [6.07, 6.45) is 1.73. The predicted octanol–water partition coefficient (Wildman–Crippen LogP) is 4.98. The molecule has 5 heteroatoms. The maximum Gasteiger partial charge on any atom is 0.0951 e. The Hall–Kier alpha value is -1.78. The van der Waals surface area contributed by atoms with Gasteiger partial charge in [-0.3, -0.25) is 4.98 Å². The highest BCUT2D eigenvalue weighted by Crippen LogP contribution is 2.33. The number of nitrogens with one attached hydrogen (secondary N) is 1. The third kappa shape index (κ3) is 2.44. The van der Waals surface area contributed by atoms with E-state index in [0.717, 1.165) is 26.8 Å². The van der Waals surface area contributed by atoms with Crippen LogP contribution in [0.3, 0.4) is 0 Å². The number of aromatic nitrogens is 1. The summed E-state index contributed by atoms with van der Waals surface area (Å²) in [6, 6.07) is 13.3. The number of nitrogens with two attached hydrogens (primary N) is 1. The molecule has 3 aromatic rings. The van der Waals surface area contributed by atoms with Crippen molar-refractivity contribution >= 4 is 55.5 Å². The standard InChI is InChI=1S/C15H11BrClN3/c16-9-3-4-11(17)14(8-9)20-13-6-5-12(18)15-10(13)2-1-7-19-15/h1-8,20H,18H2. The highest BCUT2D eigenvalue weighted by molar-refractivity contribution is 9.10. The maximum absolute atomic E-state index is 6.20. The number of halogens is 2. The summed E-state index contributed by atoms with van der Waals surface area (Å²) in [5.74, 6) is 0. The first kappa shape index (κ1) is 13.2. The van der Waals surface area contributed by atoms with Gasteiger partial charge in [-0.15, -0.1) is 0 Å². The molecule has 1 heterocycles. The summed E-state index contributed by atoms with van der Waals surface area (Å²) < 4.78 is 0.960. The first-order chi connectivity index (χ1) is 9.65. The van der Waals surface area contributed by atoms with Gasteiger partial charge in [0, 0.05) is 21.7 Å². The number of nitrogen functional groups attached to an aromatic ring is 1. The molecule has 20 heavy (non-hydrogen) atoms. The minimum absolute atomic E-state index is 0.655. The molecule has 0 amide bonds. The van der Waals surface area contributed by atoms with E-state index >= 15 is 0 Å². The third-order valence-corrected chi connectivity index (χ3v) is 3.82. The molecule has 0 spiro atoms. The van der Waals surface area contributed by atoms with Crippen molar-refractivity contribution in [3.8, 4) is 0 Å². The minimum Gasteiger partial charge on any atom is -0.397 e. The van der Waals surface area contributed by atoms with Crippen LogP contribution in [0, 0.1) is 0 Å². The Labute approximate surface area is 129 Å². The van der Waals surface area contributed by atoms with E-state index < -0.39 is 0 Å². The van der Waals surface area contributed by atoms with Gasteiger partial charge in [-0.25, -0.2) is 0 Å². The average molecular weight is 349 g/mol. The lowest BCUT2D eigenvalue weighted by molar-refractivity contribution is 1.41. The molecule has 0 aliphatic rings. The van der Waals surface area contributed by atoms with Crippen molar-refractivity contribution < 1.29 is 0 Å². The number of benzene rings is 2. The number of anilines is 3. The van der Waals surface area contributed by atoms with Gasteiger partial charge in [0.25, 0.3) is 0 Å². The fourth-order valence-electron chi connectivity index (χ4n) is 2.04. The molecule has 0 saturated carbocycles. The molecule has 0 fully saturated rings. The second kappa shape index (κ2) is 5.31. The molecular weight excluding hydrogens is 338 g/mol. The van der Waals surface area contributed by atoms with Crippen molar-refractivity contribution in [2.45, 2.75) is 0 Å². The molecule has 0 saturated heterocycles. The largest absolute Gasteiger partial charge is 0.397 e. The Balaban J connectivity index is 2.11. The van der Waals surface area contributed by atoms with Gasteiger partial charge in [0.2, 0.25) is 0 Å². The molecule has 3 nitrogen and oxygen atoms in total. The summed E-state index contributed by atoms with van der Waals surface area (Å²) in [7, 11) is 0. The minimum atomic E-state index is 0.655. The molecule has 1 aromatic heterocycles. The average Bonchev–Trinajstić information content (AvgIpc) is 2.46. The number of fused-ring (bicyclic) bond motifs is 1. The Kier molecular flexibility index (Phi) is 3.51. The smallest absolute Gasteiger partial charge is 0.0951 e. The van der Waals surface area contributed by atoms with Crippen molar-refractivity contribution in [1.82, 2.24) is 4.98 Å². The summed E-state index contributed by atoms with van der Waals surface area (Å²) in [6.45, 7) is 0. The lowest BCUT2D eigenvalue weighted by atomic mass is 10.1. The predicted molar refractivity (Wildman–Crippen MR) is 88.6 cm³/mol. The van der Waals surface area contributed by atoms with Crippen LogP contribution < -0.4 is 11.1 Å². The van der Waals surface area contributed by atoms with Gasteiger partial charge in [-0.2, -0.15) is 0 Å². The van der Waals surface area contributed by atoms with Crippen LogP contribution in [0.25, 0.3) is 10.9 Å². The van der Waals surface area contributed by atoms with Crippen molar-refractivity contribution in [3.63, 3.8) is 0 Å². The second-order valence-electron chi connectivity index (χ2n) is 4.35. The fraction of sp³-hybridized carbons (Fsp3) is 0. The quantitative estimate of drug-likeness (QED) is 0.642. The van der Waals surface area contributed by atoms with Gasteiger partial charge in [0.05, 0.1) is 21.9 Å². The molecule has 100 valence electrons. The molecule has 0 aliphatic carbocycles. The number of nitrogens with zero attached hydrogens (tertiary/aromatic N) is 1. The van der Waals surface area contributed by atoms with Crippen molar-refractivity contribution in [3.05, 3.63) is 58.2 Å². The Morgan fingerprint density at radius 2 is 1.95 bits per heavy atom. The first-order valence-corrected chi connectivity index (χ1v) is 7.17. The van der Waals surface area contributed by atoms with Crippen LogP contribution in [-0.2, 0) is 0 Å². The number of hydrogen-bond acceptors (Lipinski definition) is 3. The summed E-state index contributed by atoms with van der Waals surface area (Å²) in [5.41, 5.74) is 9.14. The van der Waals surface area contributed by atoms with E-state index in [1.807, 2.05) is 42.5 Å². The van der Waals surface area contributed by atoms with Gasteiger partial charge in [-0.05, 0) is 42.5 Å². The van der Waals surface area contributed by atoms with E-state index in [-0.39, 0.29) is 0 Å². The van der Waals surface area contributed by atoms with Gasteiger partial charge in [-0.1, -0.05) is 27.5 Å². The van der Waals surface area contributed by atoms with Crippen LogP contribution in [0.15, 0.2) is 53.1 Å². The molecule has 3 N–H and O–H groups in total. The Morgan fingerprint density at radius 3 is 2.80 bits per heavy atom. The SMILES string of the molecule is Nc1ccc(Nc2cc(Br)ccc2Cl)c2cccnc12. The third-order valence-electron chi connectivity index (χ3n) is 3.00. The van der Waals surface area contributed by atoms with Gasteiger partial charge in [0.1, 0.15) is 0 Å².